The number of carbonyl (C=O) groups is 1. The average molecular weight is 346 g/mol. The summed E-state index contributed by atoms with van der Waals surface area (Å²) in [5.74, 6) is -0.806. The molecule has 136 valence electrons. The molecule has 0 saturated carbocycles. The Hall–Kier alpha value is -2.21. The number of ether oxygens (including phenoxy) is 2. The standard InChI is InChI=1S/C10H12O3.C10H14O2/c1-13-7-9-4-2-8(3-5-9)6-10(11)12;1-12-8-10-4-2-9(3-5-10)6-7-11/h2-5H,6-7H2,1H3,(H,11,12);2-5,11H,6-8H2,1H3. The van der Waals surface area contributed by atoms with Gasteiger partial charge in [-0.1, -0.05) is 48.5 Å². The highest BCUT2D eigenvalue weighted by molar-refractivity contribution is 5.70. The molecular formula is C20H26O5. The second-order valence-electron chi connectivity index (χ2n) is 5.54. The third-order valence-corrected chi connectivity index (χ3v) is 3.42. The van der Waals surface area contributed by atoms with Crippen LogP contribution in [0.3, 0.4) is 0 Å². The summed E-state index contributed by atoms with van der Waals surface area (Å²) in [5, 5.41) is 17.2. The van der Waals surface area contributed by atoms with Crippen LogP contribution in [0.5, 0.6) is 0 Å². The summed E-state index contributed by atoms with van der Waals surface area (Å²) in [6.07, 6.45) is 0.806. The number of aliphatic carboxylic acids is 1. The van der Waals surface area contributed by atoms with E-state index in [0.29, 0.717) is 13.2 Å². The molecule has 0 radical (unpaired) electrons. The molecule has 0 aromatic heterocycles. The number of rotatable bonds is 8. The lowest BCUT2D eigenvalue weighted by Gasteiger charge is -2.01. The SMILES string of the molecule is COCc1ccc(CC(=O)O)cc1.COCc1ccc(CCO)cc1. The Bertz CT molecular complexity index is 580. The molecule has 0 aliphatic rings. The van der Waals surface area contributed by atoms with Gasteiger partial charge in [-0.2, -0.15) is 0 Å². The molecule has 0 atom stereocenters. The summed E-state index contributed by atoms with van der Waals surface area (Å²) in [6, 6.07) is 15.5. The van der Waals surface area contributed by atoms with Crippen LogP contribution in [0.1, 0.15) is 22.3 Å². The van der Waals surface area contributed by atoms with Gasteiger partial charge in [0.1, 0.15) is 0 Å². The van der Waals surface area contributed by atoms with Crippen molar-refractivity contribution in [2.75, 3.05) is 20.8 Å². The zero-order valence-corrected chi connectivity index (χ0v) is 14.8. The van der Waals surface area contributed by atoms with Gasteiger partial charge in [-0.05, 0) is 28.7 Å². The summed E-state index contributed by atoms with van der Waals surface area (Å²) in [5.41, 5.74) is 4.19. The Labute approximate surface area is 148 Å². The maximum Gasteiger partial charge on any atom is 0.307 e. The molecule has 2 aromatic rings. The first-order valence-electron chi connectivity index (χ1n) is 8.05. The zero-order chi connectivity index (χ0) is 18.5. The predicted molar refractivity (Wildman–Crippen MR) is 96.4 cm³/mol. The van der Waals surface area contributed by atoms with Crippen molar-refractivity contribution in [3.05, 3.63) is 70.8 Å². The van der Waals surface area contributed by atoms with Crippen molar-refractivity contribution in [1.29, 1.82) is 0 Å². The third kappa shape index (κ3) is 9.00. The van der Waals surface area contributed by atoms with Crippen molar-refractivity contribution in [3.63, 3.8) is 0 Å². The van der Waals surface area contributed by atoms with Crippen LogP contribution in [0.4, 0.5) is 0 Å². The lowest BCUT2D eigenvalue weighted by molar-refractivity contribution is -0.136. The second-order valence-corrected chi connectivity index (χ2v) is 5.54. The Balaban J connectivity index is 0.000000251. The molecular weight excluding hydrogens is 320 g/mol. The zero-order valence-electron chi connectivity index (χ0n) is 14.8. The van der Waals surface area contributed by atoms with E-state index in [2.05, 4.69) is 0 Å². The van der Waals surface area contributed by atoms with Gasteiger partial charge in [0.2, 0.25) is 0 Å². The molecule has 2 aromatic carbocycles. The molecule has 0 fully saturated rings. The predicted octanol–water partition coefficient (Wildman–Crippen LogP) is 2.83. The third-order valence-electron chi connectivity index (χ3n) is 3.42. The van der Waals surface area contributed by atoms with Crippen LogP contribution in [0, 0.1) is 0 Å². The molecule has 5 heteroatoms. The van der Waals surface area contributed by atoms with Gasteiger partial charge < -0.3 is 19.7 Å². The lowest BCUT2D eigenvalue weighted by atomic mass is 10.1. The van der Waals surface area contributed by atoms with Gasteiger partial charge in [0, 0.05) is 20.8 Å². The Kier molecular flexibility index (Phi) is 10.2. The monoisotopic (exact) mass is 346 g/mol. The number of methoxy groups -OCH3 is 2. The van der Waals surface area contributed by atoms with E-state index in [1.807, 2.05) is 48.5 Å². The highest BCUT2D eigenvalue weighted by Crippen LogP contribution is 2.06. The van der Waals surface area contributed by atoms with Crippen LogP contribution < -0.4 is 0 Å². The van der Waals surface area contributed by atoms with Gasteiger partial charge >= 0.3 is 5.97 Å². The van der Waals surface area contributed by atoms with Gasteiger partial charge in [0.25, 0.3) is 0 Å². The van der Waals surface area contributed by atoms with E-state index in [4.69, 9.17) is 19.7 Å². The van der Waals surface area contributed by atoms with Crippen molar-refractivity contribution in [2.24, 2.45) is 0 Å². The molecule has 0 aliphatic carbocycles. The Morgan fingerprint density at radius 1 is 0.800 bits per heavy atom. The summed E-state index contributed by atoms with van der Waals surface area (Å²) >= 11 is 0. The molecule has 0 spiro atoms. The van der Waals surface area contributed by atoms with Gasteiger partial charge in [0.05, 0.1) is 19.6 Å². The maximum absolute atomic E-state index is 10.4. The summed E-state index contributed by atoms with van der Waals surface area (Å²) in [7, 11) is 3.31. The number of hydrogen-bond acceptors (Lipinski definition) is 4. The largest absolute Gasteiger partial charge is 0.481 e. The van der Waals surface area contributed by atoms with Crippen molar-refractivity contribution >= 4 is 5.97 Å². The van der Waals surface area contributed by atoms with Crippen molar-refractivity contribution in [1.82, 2.24) is 0 Å². The number of carboxylic acid groups (broad SMARTS) is 1. The average Bonchev–Trinajstić information content (AvgIpc) is 2.59. The van der Waals surface area contributed by atoms with E-state index in [0.717, 1.165) is 23.1 Å². The van der Waals surface area contributed by atoms with Crippen LogP contribution in [0.25, 0.3) is 0 Å². The molecule has 0 bridgehead atoms. The van der Waals surface area contributed by atoms with Crippen LogP contribution in [-0.2, 0) is 40.3 Å². The fraction of sp³-hybridized carbons (Fsp3) is 0.350. The molecule has 0 heterocycles. The van der Waals surface area contributed by atoms with Crippen LogP contribution in [0.2, 0.25) is 0 Å². The maximum atomic E-state index is 10.4. The first-order chi connectivity index (χ1) is 12.1. The van der Waals surface area contributed by atoms with E-state index in [1.54, 1.807) is 14.2 Å². The number of carboxylic acids is 1. The van der Waals surface area contributed by atoms with Gasteiger partial charge in [-0.25, -0.2) is 0 Å². The minimum atomic E-state index is -0.806. The minimum absolute atomic E-state index is 0.0766. The van der Waals surface area contributed by atoms with Crippen LogP contribution >= 0.6 is 0 Å². The minimum Gasteiger partial charge on any atom is -0.481 e. The molecule has 0 aliphatic heterocycles. The number of aliphatic hydroxyl groups excluding tert-OH is 1. The normalized spacial score (nSPS) is 10.0. The molecule has 5 nitrogen and oxygen atoms in total. The number of aliphatic hydroxyl groups is 1. The topological polar surface area (TPSA) is 76.0 Å². The van der Waals surface area contributed by atoms with Crippen LogP contribution in [0.15, 0.2) is 48.5 Å². The van der Waals surface area contributed by atoms with E-state index in [-0.39, 0.29) is 13.0 Å². The number of benzene rings is 2. The van der Waals surface area contributed by atoms with Crippen molar-refractivity contribution in [3.8, 4) is 0 Å². The molecule has 0 saturated heterocycles. The molecule has 2 N–H and O–H groups in total. The smallest absolute Gasteiger partial charge is 0.307 e. The molecule has 0 amide bonds. The van der Waals surface area contributed by atoms with Gasteiger partial charge in [-0.15, -0.1) is 0 Å². The van der Waals surface area contributed by atoms with E-state index >= 15 is 0 Å². The quantitative estimate of drug-likeness (QED) is 0.769. The van der Waals surface area contributed by atoms with E-state index in [1.165, 1.54) is 5.56 Å². The highest BCUT2D eigenvalue weighted by Gasteiger charge is 1.99. The van der Waals surface area contributed by atoms with E-state index < -0.39 is 5.97 Å². The summed E-state index contributed by atoms with van der Waals surface area (Å²) < 4.78 is 9.91. The highest BCUT2D eigenvalue weighted by atomic mass is 16.5. The summed E-state index contributed by atoms with van der Waals surface area (Å²) in [6.45, 7) is 1.43. The first kappa shape index (κ1) is 20.8. The van der Waals surface area contributed by atoms with Crippen LogP contribution in [-0.4, -0.2) is 37.0 Å². The van der Waals surface area contributed by atoms with Crippen molar-refractivity contribution < 1.29 is 24.5 Å². The molecule has 25 heavy (non-hydrogen) atoms. The first-order valence-corrected chi connectivity index (χ1v) is 8.05. The lowest BCUT2D eigenvalue weighted by Crippen LogP contribution is -1.99. The van der Waals surface area contributed by atoms with E-state index in [9.17, 15) is 4.79 Å². The van der Waals surface area contributed by atoms with Crippen molar-refractivity contribution in [2.45, 2.75) is 26.1 Å². The fourth-order valence-corrected chi connectivity index (χ4v) is 2.19. The second kappa shape index (κ2) is 12.2. The molecule has 0 unspecified atom stereocenters. The fourth-order valence-electron chi connectivity index (χ4n) is 2.19. The molecule has 2 rings (SSSR count). The van der Waals surface area contributed by atoms with Gasteiger partial charge in [-0.3, -0.25) is 4.79 Å². The Morgan fingerprint density at radius 2 is 1.20 bits per heavy atom. The van der Waals surface area contributed by atoms with Gasteiger partial charge in [0.15, 0.2) is 0 Å². The summed E-state index contributed by atoms with van der Waals surface area (Å²) in [4.78, 5) is 10.4. The number of hydrogen-bond donors (Lipinski definition) is 2. The Morgan fingerprint density at radius 3 is 1.56 bits per heavy atom.